The normalized spacial score (nSPS) is 17.9. The second kappa shape index (κ2) is 17.5. The van der Waals surface area contributed by atoms with Gasteiger partial charge in [-0.1, -0.05) is 13.8 Å². The van der Waals surface area contributed by atoms with Crippen molar-refractivity contribution < 1.29 is 52.0 Å². The minimum Gasteiger partial charge on any atom is -0.388 e. The number of hydrogen-bond acceptors (Lipinski definition) is 10. The van der Waals surface area contributed by atoms with E-state index in [-0.39, 0.29) is 33.0 Å². The maximum Gasteiger partial charge on any atom is 0.344 e. The molecular weight excluding hydrogens is 456 g/mol. The first-order chi connectivity index (χ1) is 14.5. The highest BCUT2D eigenvalue weighted by atomic mass is 31.2. The van der Waals surface area contributed by atoms with Gasteiger partial charge < -0.3 is 48.2 Å². The highest BCUT2D eigenvalue weighted by molar-refractivity contribution is 7.53. The minimum atomic E-state index is -3.82. The van der Waals surface area contributed by atoms with Gasteiger partial charge in [0.25, 0.3) is 0 Å². The van der Waals surface area contributed by atoms with Crippen molar-refractivity contribution in [1.82, 2.24) is 5.32 Å². The number of aliphatic hydroxyl groups is 1. The molecular formula is C17H39NO11P2. The Bertz CT molecular complexity index is 538. The summed E-state index contributed by atoms with van der Waals surface area (Å²) >= 11 is 0. The van der Waals surface area contributed by atoms with Crippen LogP contribution in [0.1, 0.15) is 20.8 Å². The predicted molar refractivity (Wildman–Crippen MR) is 114 cm³/mol. The van der Waals surface area contributed by atoms with Gasteiger partial charge in [0.05, 0.1) is 71.7 Å². The van der Waals surface area contributed by atoms with Gasteiger partial charge in [-0.2, -0.15) is 0 Å². The van der Waals surface area contributed by atoms with Gasteiger partial charge in [-0.25, -0.2) is 0 Å². The third-order valence-corrected chi connectivity index (χ3v) is 7.56. The van der Waals surface area contributed by atoms with Crippen LogP contribution < -0.4 is 5.32 Å². The van der Waals surface area contributed by atoms with Crippen LogP contribution in [0.2, 0.25) is 0 Å². The SMILES string of the molecule is CNC(C)P(=O)(O)OCC(O)COCCOCCOCCOCCOP(=O)(O)C(C)C. The molecule has 0 spiro atoms. The molecule has 0 aliphatic heterocycles. The molecule has 4 atom stereocenters. The van der Waals surface area contributed by atoms with Crippen LogP contribution in [-0.4, -0.2) is 106 Å². The lowest BCUT2D eigenvalue weighted by atomic mass is 10.4. The van der Waals surface area contributed by atoms with Crippen LogP contribution >= 0.6 is 15.2 Å². The number of ether oxygens (including phenoxy) is 4. The Morgan fingerprint density at radius 1 is 0.710 bits per heavy atom. The van der Waals surface area contributed by atoms with E-state index >= 15 is 0 Å². The van der Waals surface area contributed by atoms with Gasteiger partial charge >= 0.3 is 15.2 Å². The second-order valence-electron chi connectivity index (χ2n) is 6.88. The third kappa shape index (κ3) is 16.3. The molecule has 0 saturated carbocycles. The van der Waals surface area contributed by atoms with Crippen LogP contribution in [0.15, 0.2) is 0 Å². The first-order valence-corrected chi connectivity index (χ1v) is 13.4. The van der Waals surface area contributed by atoms with Crippen molar-refractivity contribution in [1.29, 1.82) is 0 Å². The molecule has 31 heavy (non-hydrogen) atoms. The van der Waals surface area contributed by atoms with Gasteiger partial charge in [0, 0.05) is 0 Å². The van der Waals surface area contributed by atoms with Gasteiger partial charge in [-0.05, 0) is 14.0 Å². The number of rotatable bonds is 21. The molecule has 0 amide bonds. The molecule has 0 aliphatic carbocycles. The van der Waals surface area contributed by atoms with Gasteiger partial charge in [-0.15, -0.1) is 0 Å². The molecule has 14 heteroatoms. The molecule has 0 bridgehead atoms. The van der Waals surface area contributed by atoms with E-state index < -0.39 is 32.7 Å². The minimum absolute atomic E-state index is 0.0439. The fourth-order valence-electron chi connectivity index (χ4n) is 1.77. The molecule has 0 fully saturated rings. The molecule has 0 radical (unpaired) electrons. The van der Waals surface area contributed by atoms with Gasteiger partial charge in [0.2, 0.25) is 0 Å². The highest BCUT2D eigenvalue weighted by Gasteiger charge is 2.28. The zero-order valence-corrected chi connectivity index (χ0v) is 20.6. The van der Waals surface area contributed by atoms with Crippen LogP contribution in [0.25, 0.3) is 0 Å². The van der Waals surface area contributed by atoms with E-state index in [4.69, 9.17) is 28.0 Å². The lowest BCUT2D eigenvalue weighted by molar-refractivity contribution is -0.0260. The van der Waals surface area contributed by atoms with Crippen LogP contribution in [0, 0.1) is 0 Å². The molecule has 0 heterocycles. The van der Waals surface area contributed by atoms with Crippen molar-refractivity contribution >= 4 is 15.2 Å². The highest BCUT2D eigenvalue weighted by Crippen LogP contribution is 2.47. The summed E-state index contributed by atoms with van der Waals surface area (Å²) in [4.78, 5) is 19.1. The maximum atomic E-state index is 11.8. The maximum absolute atomic E-state index is 11.8. The van der Waals surface area contributed by atoms with Gasteiger partial charge in [-0.3, -0.25) is 9.13 Å². The summed E-state index contributed by atoms with van der Waals surface area (Å²) in [5.41, 5.74) is -0.445. The molecule has 0 rings (SSSR count). The zero-order valence-electron chi connectivity index (χ0n) is 18.8. The summed E-state index contributed by atoms with van der Waals surface area (Å²) < 4.78 is 54.1. The van der Waals surface area contributed by atoms with Crippen molar-refractivity contribution in [2.45, 2.75) is 38.3 Å². The fourth-order valence-corrected chi connectivity index (χ4v) is 3.34. The molecule has 4 unspecified atom stereocenters. The molecule has 188 valence electrons. The van der Waals surface area contributed by atoms with E-state index in [1.54, 1.807) is 20.9 Å². The zero-order chi connectivity index (χ0) is 23.8. The Labute approximate surface area is 184 Å². The summed E-state index contributed by atoms with van der Waals surface area (Å²) in [6.07, 6.45) is -1.02. The summed E-state index contributed by atoms with van der Waals surface area (Å²) in [5.74, 6) is -0.729. The van der Waals surface area contributed by atoms with Crippen LogP contribution in [-0.2, 0) is 37.1 Å². The van der Waals surface area contributed by atoms with E-state index in [1.807, 2.05) is 0 Å². The van der Waals surface area contributed by atoms with E-state index in [0.29, 0.717) is 33.0 Å². The Balaban J connectivity index is 3.43. The number of hydrogen-bond donors (Lipinski definition) is 4. The molecule has 0 aromatic heterocycles. The average molecular weight is 495 g/mol. The van der Waals surface area contributed by atoms with Crippen molar-refractivity contribution in [3.05, 3.63) is 0 Å². The molecule has 4 N–H and O–H groups in total. The van der Waals surface area contributed by atoms with E-state index in [2.05, 4.69) is 5.32 Å². The molecule has 0 saturated heterocycles. The van der Waals surface area contributed by atoms with Crippen molar-refractivity contribution in [2.75, 3.05) is 73.1 Å². The Morgan fingerprint density at radius 2 is 1.16 bits per heavy atom. The van der Waals surface area contributed by atoms with Crippen LogP contribution in [0.5, 0.6) is 0 Å². The van der Waals surface area contributed by atoms with Gasteiger partial charge in [0.15, 0.2) is 0 Å². The molecule has 12 nitrogen and oxygen atoms in total. The molecule has 0 aromatic rings. The Kier molecular flexibility index (Phi) is 17.6. The fraction of sp³-hybridized carbons (Fsp3) is 1.00. The molecule has 0 aromatic carbocycles. The van der Waals surface area contributed by atoms with Crippen molar-refractivity contribution in [3.8, 4) is 0 Å². The van der Waals surface area contributed by atoms with Crippen molar-refractivity contribution in [2.24, 2.45) is 0 Å². The van der Waals surface area contributed by atoms with Crippen LogP contribution in [0.4, 0.5) is 0 Å². The summed E-state index contributed by atoms with van der Waals surface area (Å²) in [5, 5.41) is 12.3. The number of nitrogens with one attached hydrogen (secondary N) is 1. The van der Waals surface area contributed by atoms with Gasteiger partial charge in [0.1, 0.15) is 11.9 Å². The summed E-state index contributed by atoms with van der Waals surface area (Å²) in [6.45, 7) is 6.61. The number of aliphatic hydroxyl groups excluding tert-OH is 1. The average Bonchev–Trinajstić information content (AvgIpc) is 2.71. The Morgan fingerprint density at radius 3 is 1.61 bits per heavy atom. The van der Waals surface area contributed by atoms with E-state index in [9.17, 15) is 24.0 Å². The predicted octanol–water partition coefficient (Wildman–Crippen LogP) is 0.792. The largest absolute Gasteiger partial charge is 0.388 e. The van der Waals surface area contributed by atoms with Crippen LogP contribution in [0.3, 0.4) is 0 Å². The van der Waals surface area contributed by atoms with E-state index in [1.165, 1.54) is 6.92 Å². The van der Waals surface area contributed by atoms with Crippen molar-refractivity contribution in [3.63, 3.8) is 0 Å². The Hall–Kier alpha value is 0.0600. The topological polar surface area (TPSA) is 162 Å². The first-order valence-electron chi connectivity index (χ1n) is 10.1. The molecule has 0 aliphatic rings. The first kappa shape index (κ1) is 31.1. The smallest absolute Gasteiger partial charge is 0.344 e. The third-order valence-electron chi connectivity index (χ3n) is 3.94. The summed E-state index contributed by atoms with van der Waals surface area (Å²) in [6, 6.07) is 0. The van der Waals surface area contributed by atoms with E-state index in [0.717, 1.165) is 0 Å². The monoisotopic (exact) mass is 495 g/mol. The quantitative estimate of drug-likeness (QED) is 0.131. The lowest BCUT2D eigenvalue weighted by Gasteiger charge is -2.20. The second-order valence-corrected chi connectivity index (χ2v) is 11.5. The lowest BCUT2D eigenvalue weighted by Crippen LogP contribution is -2.26. The standard InChI is InChI=1S/C17H39NO11P2/c1-15(2)30(20,21)28-12-11-26-8-7-24-5-6-25-9-10-27-13-17(19)14-29-31(22,23)16(3)18-4/h15-19H,5-14H2,1-4H3,(H,20,21)(H,22,23). The summed E-state index contributed by atoms with van der Waals surface area (Å²) in [7, 11) is -5.83.